The lowest BCUT2D eigenvalue weighted by Crippen LogP contribution is -1.98. The molecule has 0 spiro atoms. The predicted molar refractivity (Wildman–Crippen MR) is 37.9 cm³/mol. The van der Waals surface area contributed by atoms with Crippen molar-refractivity contribution in [1.82, 2.24) is 3.94 Å². The molecule has 0 aromatic carbocycles. The van der Waals surface area contributed by atoms with Crippen molar-refractivity contribution in [2.75, 3.05) is 6.54 Å². The second-order valence-electron chi connectivity index (χ2n) is 1.64. The molecule has 0 heterocycles. The number of hydrogen-bond acceptors (Lipinski definition) is 2. The van der Waals surface area contributed by atoms with E-state index in [1.54, 1.807) is 0 Å². The van der Waals surface area contributed by atoms with Gasteiger partial charge in [-0.25, -0.2) is 0 Å². The molecule has 0 rings (SSSR count). The summed E-state index contributed by atoms with van der Waals surface area (Å²) in [5.41, 5.74) is 0. The lowest BCUT2D eigenvalue weighted by atomic mass is 10.2. The van der Waals surface area contributed by atoms with Crippen LogP contribution in [0.4, 0.5) is 0 Å². The van der Waals surface area contributed by atoms with E-state index in [0.29, 0.717) is 13.0 Å². The SMILES string of the molecule is N#CCCCCN(Cl)Cl. The van der Waals surface area contributed by atoms with Gasteiger partial charge in [0.25, 0.3) is 0 Å². The zero-order chi connectivity index (χ0) is 7.11. The van der Waals surface area contributed by atoms with Crippen LogP contribution in [-0.2, 0) is 0 Å². The minimum absolute atomic E-state index is 0.585. The van der Waals surface area contributed by atoms with Gasteiger partial charge in [-0.1, -0.05) is 0 Å². The smallest absolute Gasteiger partial charge is 0.0621 e. The Balaban J connectivity index is 2.85. The number of hydrogen-bond donors (Lipinski definition) is 0. The largest absolute Gasteiger partial charge is 0.198 e. The Labute approximate surface area is 65.2 Å². The summed E-state index contributed by atoms with van der Waals surface area (Å²) in [7, 11) is 0. The van der Waals surface area contributed by atoms with Crippen LogP contribution < -0.4 is 0 Å². The number of halogens is 2. The van der Waals surface area contributed by atoms with Gasteiger partial charge in [0.1, 0.15) is 0 Å². The van der Waals surface area contributed by atoms with Gasteiger partial charge < -0.3 is 0 Å². The summed E-state index contributed by atoms with van der Waals surface area (Å²) in [5.74, 6) is 0. The third-order valence-corrected chi connectivity index (χ3v) is 1.20. The normalized spacial score (nSPS) is 9.56. The van der Waals surface area contributed by atoms with E-state index < -0.39 is 0 Å². The third-order valence-electron chi connectivity index (χ3n) is 0.866. The highest BCUT2D eigenvalue weighted by molar-refractivity contribution is 6.33. The minimum atomic E-state index is 0.585. The molecule has 0 N–H and O–H groups in total. The Hall–Kier alpha value is 0.0300. The first kappa shape index (κ1) is 9.03. The zero-order valence-corrected chi connectivity index (χ0v) is 6.49. The topological polar surface area (TPSA) is 27.0 Å². The maximum absolute atomic E-state index is 8.10. The third kappa shape index (κ3) is 8.03. The number of unbranched alkanes of at least 4 members (excludes halogenated alkanes) is 2. The quantitative estimate of drug-likeness (QED) is 0.474. The molecule has 2 nitrogen and oxygen atoms in total. The van der Waals surface area contributed by atoms with E-state index in [2.05, 4.69) is 0 Å². The van der Waals surface area contributed by atoms with Gasteiger partial charge in [-0.05, 0) is 36.4 Å². The highest BCUT2D eigenvalue weighted by Crippen LogP contribution is 2.02. The molecule has 4 heteroatoms. The van der Waals surface area contributed by atoms with Crippen LogP contribution in [0.5, 0.6) is 0 Å². The minimum Gasteiger partial charge on any atom is -0.198 e. The van der Waals surface area contributed by atoms with Crippen LogP contribution in [-0.4, -0.2) is 10.5 Å². The molecule has 0 unspecified atom stereocenters. The van der Waals surface area contributed by atoms with E-state index in [-0.39, 0.29) is 0 Å². The maximum atomic E-state index is 8.10. The van der Waals surface area contributed by atoms with Gasteiger partial charge in [0.05, 0.1) is 6.07 Å². The maximum Gasteiger partial charge on any atom is 0.0621 e. The van der Waals surface area contributed by atoms with Crippen LogP contribution in [0.25, 0.3) is 0 Å². The van der Waals surface area contributed by atoms with Gasteiger partial charge in [0, 0.05) is 13.0 Å². The second-order valence-corrected chi connectivity index (χ2v) is 2.63. The summed E-state index contributed by atoms with van der Waals surface area (Å²) in [6.07, 6.45) is 2.33. The Morgan fingerprint density at radius 2 is 2.00 bits per heavy atom. The lowest BCUT2D eigenvalue weighted by Gasteiger charge is -1.99. The van der Waals surface area contributed by atoms with Crippen molar-refractivity contribution in [3.05, 3.63) is 0 Å². The summed E-state index contributed by atoms with van der Waals surface area (Å²) in [6, 6.07) is 2.04. The fraction of sp³-hybridized carbons (Fsp3) is 0.800. The molecule has 0 amide bonds. The van der Waals surface area contributed by atoms with Crippen LogP contribution in [0.2, 0.25) is 0 Å². The van der Waals surface area contributed by atoms with Crippen molar-refractivity contribution >= 4 is 23.6 Å². The van der Waals surface area contributed by atoms with Crippen molar-refractivity contribution in [3.63, 3.8) is 0 Å². The van der Waals surface area contributed by atoms with Gasteiger partial charge >= 0.3 is 0 Å². The predicted octanol–water partition coefficient (Wildman–Crippen LogP) is 2.29. The van der Waals surface area contributed by atoms with E-state index in [1.807, 2.05) is 6.07 Å². The van der Waals surface area contributed by atoms with Gasteiger partial charge in [-0.3, -0.25) is 0 Å². The van der Waals surface area contributed by atoms with E-state index in [4.69, 9.17) is 28.8 Å². The molecule has 0 aromatic rings. The molecule has 9 heavy (non-hydrogen) atoms. The molecule has 0 atom stereocenters. The highest BCUT2D eigenvalue weighted by Gasteiger charge is 1.92. The Morgan fingerprint density at radius 3 is 2.44 bits per heavy atom. The van der Waals surface area contributed by atoms with Crippen molar-refractivity contribution in [2.45, 2.75) is 19.3 Å². The molecule has 0 saturated heterocycles. The summed E-state index contributed by atoms with van der Waals surface area (Å²) < 4.78 is 1.08. The second kappa shape index (κ2) is 6.15. The Morgan fingerprint density at radius 1 is 1.33 bits per heavy atom. The first-order valence-corrected chi connectivity index (χ1v) is 3.41. The summed E-state index contributed by atoms with van der Waals surface area (Å²) in [5, 5.41) is 8.10. The summed E-state index contributed by atoms with van der Waals surface area (Å²) >= 11 is 10.5. The molecular formula is C5H8Cl2N2. The molecule has 52 valence electrons. The fourth-order valence-electron chi connectivity index (χ4n) is 0.435. The van der Waals surface area contributed by atoms with E-state index in [0.717, 1.165) is 16.8 Å². The van der Waals surface area contributed by atoms with E-state index in [9.17, 15) is 0 Å². The van der Waals surface area contributed by atoms with Gasteiger partial charge in [-0.15, -0.1) is 3.94 Å². The lowest BCUT2D eigenvalue weighted by molar-refractivity contribution is 0.622. The van der Waals surface area contributed by atoms with Crippen molar-refractivity contribution in [1.29, 1.82) is 5.26 Å². The monoisotopic (exact) mass is 166 g/mol. The molecule has 0 saturated carbocycles. The number of nitrogens with zero attached hydrogens (tertiary/aromatic N) is 2. The zero-order valence-electron chi connectivity index (χ0n) is 4.98. The van der Waals surface area contributed by atoms with Crippen molar-refractivity contribution in [2.24, 2.45) is 0 Å². The molecule has 0 aliphatic heterocycles. The first-order chi connectivity index (χ1) is 4.27. The molecule has 0 bridgehead atoms. The van der Waals surface area contributed by atoms with Crippen LogP contribution in [0.1, 0.15) is 19.3 Å². The Bertz CT molecular complexity index is 97.6. The van der Waals surface area contributed by atoms with Crippen molar-refractivity contribution in [3.8, 4) is 6.07 Å². The summed E-state index contributed by atoms with van der Waals surface area (Å²) in [4.78, 5) is 0. The molecule has 0 radical (unpaired) electrons. The standard InChI is InChI=1S/C5H8Cl2N2/c6-9(7)5-3-1-2-4-8/h1-3,5H2. The molecule has 0 fully saturated rings. The van der Waals surface area contributed by atoms with Crippen LogP contribution in [0, 0.1) is 11.3 Å². The van der Waals surface area contributed by atoms with Gasteiger partial charge in [0.2, 0.25) is 0 Å². The molecule has 0 aromatic heterocycles. The van der Waals surface area contributed by atoms with E-state index in [1.165, 1.54) is 0 Å². The van der Waals surface area contributed by atoms with Crippen LogP contribution in [0.15, 0.2) is 0 Å². The molecule has 0 aliphatic carbocycles. The van der Waals surface area contributed by atoms with Gasteiger partial charge in [-0.2, -0.15) is 5.26 Å². The summed E-state index contributed by atoms with van der Waals surface area (Å²) in [6.45, 7) is 0.630. The van der Waals surface area contributed by atoms with E-state index >= 15 is 0 Å². The van der Waals surface area contributed by atoms with Crippen LogP contribution >= 0.6 is 23.6 Å². The average Bonchev–Trinajstić information content (AvgIpc) is 1.80. The number of nitriles is 1. The molecule has 0 aliphatic rings. The Kier molecular flexibility index (Phi) is 6.18. The average molecular weight is 167 g/mol. The van der Waals surface area contributed by atoms with Crippen LogP contribution in [0.3, 0.4) is 0 Å². The van der Waals surface area contributed by atoms with Gasteiger partial charge in [0.15, 0.2) is 0 Å². The first-order valence-electron chi connectivity index (χ1n) is 2.73. The fourth-order valence-corrected chi connectivity index (χ4v) is 0.674. The highest BCUT2D eigenvalue weighted by atomic mass is 35.5. The van der Waals surface area contributed by atoms with Crippen molar-refractivity contribution < 1.29 is 0 Å². The number of rotatable bonds is 4. The molecular weight excluding hydrogens is 159 g/mol.